The van der Waals surface area contributed by atoms with Crippen molar-refractivity contribution in [3.8, 4) is 0 Å². The predicted molar refractivity (Wildman–Crippen MR) is 78.7 cm³/mol. The molecule has 1 fully saturated rings. The number of likely N-dealkylation sites (tertiary alicyclic amines) is 1. The first kappa shape index (κ1) is 14.9. The van der Waals surface area contributed by atoms with Crippen LogP contribution in [0.25, 0.3) is 0 Å². The number of hydrogen-bond acceptors (Lipinski definition) is 5. The molecule has 1 atom stereocenters. The number of rotatable bonds is 2. The number of nitrogens with one attached hydrogen (secondary N) is 1. The van der Waals surface area contributed by atoms with Gasteiger partial charge in [0.1, 0.15) is 5.69 Å². The zero-order valence-corrected chi connectivity index (χ0v) is 12.8. The average molecular weight is 296 g/mol. The molecule has 2 rings (SSSR count). The van der Waals surface area contributed by atoms with Gasteiger partial charge in [-0.25, -0.2) is 4.98 Å². The third kappa shape index (κ3) is 3.16. The van der Waals surface area contributed by atoms with Gasteiger partial charge in [0.25, 0.3) is 5.91 Å². The minimum Gasteiger partial charge on any atom is -0.337 e. The van der Waals surface area contributed by atoms with Crippen molar-refractivity contribution in [2.24, 2.45) is 11.1 Å². The van der Waals surface area contributed by atoms with Crippen LogP contribution in [0, 0.1) is 5.41 Å². The molecule has 0 aromatic carbocycles. The molecule has 110 valence electrons. The summed E-state index contributed by atoms with van der Waals surface area (Å²) >= 11 is 1.26. The molecule has 0 spiro atoms. The van der Waals surface area contributed by atoms with Crippen LogP contribution in [0.4, 0.5) is 5.13 Å². The van der Waals surface area contributed by atoms with Gasteiger partial charge in [-0.3, -0.25) is 9.59 Å². The zero-order chi connectivity index (χ0) is 14.9. The number of aromatic nitrogens is 1. The highest BCUT2D eigenvalue weighted by molar-refractivity contribution is 7.14. The highest BCUT2D eigenvalue weighted by Crippen LogP contribution is 2.29. The molecular formula is C13H20N4O2S. The van der Waals surface area contributed by atoms with E-state index in [1.807, 2.05) is 0 Å². The number of hydrogen-bond donors (Lipinski definition) is 2. The number of anilines is 1. The normalized spacial score (nSPS) is 21.6. The molecule has 1 aliphatic heterocycles. The summed E-state index contributed by atoms with van der Waals surface area (Å²) < 4.78 is 0. The van der Waals surface area contributed by atoms with E-state index in [0.717, 1.165) is 6.42 Å². The Morgan fingerprint density at radius 3 is 2.85 bits per heavy atom. The Morgan fingerprint density at radius 1 is 1.55 bits per heavy atom. The molecule has 0 aliphatic carbocycles. The molecule has 1 unspecified atom stereocenters. The summed E-state index contributed by atoms with van der Waals surface area (Å²) in [4.78, 5) is 29.3. The second-order valence-corrected chi connectivity index (χ2v) is 6.69. The van der Waals surface area contributed by atoms with Crippen LogP contribution in [-0.2, 0) is 4.79 Å². The smallest absolute Gasteiger partial charge is 0.273 e. The lowest BCUT2D eigenvalue weighted by Gasteiger charge is -2.42. The first-order valence-electron chi connectivity index (χ1n) is 6.57. The van der Waals surface area contributed by atoms with Gasteiger partial charge in [-0.2, -0.15) is 0 Å². The fourth-order valence-corrected chi connectivity index (χ4v) is 3.02. The maximum absolute atomic E-state index is 12.4. The van der Waals surface area contributed by atoms with Gasteiger partial charge in [0.05, 0.1) is 0 Å². The van der Waals surface area contributed by atoms with Crippen LogP contribution in [0.3, 0.4) is 0 Å². The van der Waals surface area contributed by atoms with Crippen LogP contribution in [0.2, 0.25) is 0 Å². The molecule has 0 saturated carbocycles. The standard InChI is InChI=1S/C13H20N4O2S/c1-8(18)15-12-16-9(6-20-12)11(19)17-5-4-10(14)13(2,3)7-17/h6,10H,4-5,7,14H2,1-3H3,(H,15,16,18). The van der Waals surface area contributed by atoms with E-state index >= 15 is 0 Å². The van der Waals surface area contributed by atoms with Gasteiger partial charge >= 0.3 is 0 Å². The first-order chi connectivity index (χ1) is 9.29. The zero-order valence-electron chi connectivity index (χ0n) is 12.0. The van der Waals surface area contributed by atoms with Gasteiger partial charge in [0.2, 0.25) is 5.91 Å². The van der Waals surface area contributed by atoms with Crippen LogP contribution in [0.1, 0.15) is 37.7 Å². The van der Waals surface area contributed by atoms with E-state index in [4.69, 9.17) is 5.73 Å². The molecule has 2 amide bonds. The van der Waals surface area contributed by atoms with E-state index in [2.05, 4.69) is 24.1 Å². The second-order valence-electron chi connectivity index (χ2n) is 5.83. The Kier molecular flexibility index (Phi) is 4.10. The minimum atomic E-state index is -0.191. The van der Waals surface area contributed by atoms with Crippen molar-refractivity contribution in [3.63, 3.8) is 0 Å². The largest absolute Gasteiger partial charge is 0.337 e. The molecular weight excluding hydrogens is 276 g/mol. The quantitative estimate of drug-likeness (QED) is 0.861. The number of piperidine rings is 1. The summed E-state index contributed by atoms with van der Waals surface area (Å²) in [7, 11) is 0. The van der Waals surface area contributed by atoms with Crippen LogP contribution < -0.4 is 11.1 Å². The van der Waals surface area contributed by atoms with Crippen molar-refractivity contribution in [1.29, 1.82) is 0 Å². The number of nitrogens with two attached hydrogens (primary N) is 1. The van der Waals surface area contributed by atoms with Gasteiger partial charge in [0.15, 0.2) is 5.13 Å². The lowest BCUT2D eigenvalue weighted by molar-refractivity contribution is -0.114. The fourth-order valence-electron chi connectivity index (χ4n) is 2.29. The summed E-state index contributed by atoms with van der Waals surface area (Å²) in [5.74, 6) is -0.291. The van der Waals surface area contributed by atoms with Gasteiger partial charge < -0.3 is 16.0 Å². The Hall–Kier alpha value is -1.47. The molecule has 0 radical (unpaired) electrons. The summed E-state index contributed by atoms with van der Waals surface area (Å²) in [6.45, 7) is 6.83. The van der Waals surface area contributed by atoms with E-state index in [-0.39, 0.29) is 23.3 Å². The third-order valence-electron chi connectivity index (χ3n) is 3.61. The van der Waals surface area contributed by atoms with Gasteiger partial charge in [0, 0.05) is 31.4 Å². The Morgan fingerprint density at radius 2 is 2.25 bits per heavy atom. The lowest BCUT2D eigenvalue weighted by Crippen LogP contribution is -2.54. The van der Waals surface area contributed by atoms with Crippen molar-refractivity contribution >= 4 is 28.3 Å². The molecule has 1 saturated heterocycles. The Bertz CT molecular complexity index is 526. The van der Waals surface area contributed by atoms with Gasteiger partial charge in [-0.05, 0) is 11.8 Å². The van der Waals surface area contributed by atoms with E-state index in [1.54, 1.807) is 10.3 Å². The number of thiazole rings is 1. The lowest BCUT2D eigenvalue weighted by atomic mass is 9.79. The molecule has 2 heterocycles. The molecule has 6 nitrogen and oxygen atoms in total. The van der Waals surface area contributed by atoms with E-state index in [9.17, 15) is 9.59 Å². The molecule has 1 aromatic rings. The topological polar surface area (TPSA) is 88.3 Å². The Balaban J connectivity index is 2.08. The summed E-state index contributed by atoms with van der Waals surface area (Å²) in [5.41, 5.74) is 6.36. The molecule has 0 bridgehead atoms. The molecule has 3 N–H and O–H groups in total. The molecule has 20 heavy (non-hydrogen) atoms. The van der Waals surface area contributed by atoms with Gasteiger partial charge in [-0.1, -0.05) is 13.8 Å². The predicted octanol–water partition coefficient (Wildman–Crippen LogP) is 1.30. The third-order valence-corrected chi connectivity index (χ3v) is 4.36. The number of carbonyl (C=O) groups is 2. The second kappa shape index (κ2) is 5.49. The van der Waals surface area contributed by atoms with Crippen molar-refractivity contribution in [2.75, 3.05) is 18.4 Å². The van der Waals surface area contributed by atoms with Crippen LogP contribution >= 0.6 is 11.3 Å². The first-order valence-corrected chi connectivity index (χ1v) is 7.45. The highest BCUT2D eigenvalue weighted by atomic mass is 32.1. The fraction of sp³-hybridized carbons (Fsp3) is 0.615. The van der Waals surface area contributed by atoms with E-state index in [0.29, 0.717) is 23.9 Å². The van der Waals surface area contributed by atoms with E-state index < -0.39 is 0 Å². The van der Waals surface area contributed by atoms with Crippen molar-refractivity contribution in [2.45, 2.75) is 33.2 Å². The number of nitrogens with zero attached hydrogens (tertiary/aromatic N) is 2. The van der Waals surface area contributed by atoms with Crippen LogP contribution in [-0.4, -0.2) is 40.8 Å². The Labute approximate surface area is 122 Å². The summed E-state index contributed by atoms with van der Waals surface area (Å²) in [6, 6.07) is 0.108. The van der Waals surface area contributed by atoms with Crippen LogP contribution in [0.15, 0.2) is 5.38 Å². The molecule has 1 aliphatic rings. The van der Waals surface area contributed by atoms with Crippen molar-refractivity contribution in [3.05, 3.63) is 11.1 Å². The molecule has 7 heteroatoms. The van der Waals surface area contributed by atoms with Crippen molar-refractivity contribution < 1.29 is 9.59 Å². The monoisotopic (exact) mass is 296 g/mol. The SMILES string of the molecule is CC(=O)Nc1nc(C(=O)N2CCC(N)C(C)(C)C2)cs1. The van der Waals surface area contributed by atoms with Crippen LogP contribution in [0.5, 0.6) is 0 Å². The number of amides is 2. The summed E-state index contributed by atoms with van der Waals surface area (Å²) in [5, 5.41) is 4.71. The highest BCUT2D eigenvalue weighted by Gasteiger charge is 2.36. The van der Waals surface area contributed by atoms with Gasteiger partial charge in [-0.15, -0.1) is 11.3 Å². The van der Waals surface area contributed by atoms with Crippen molar-refractivity contribution in [1.82, 2.24) is 9.88 Å². The molecule has 1 aromatic heterocycles. The maximum Gasteiger partial charge on any atom is 0.273 e. The average Bonchev–Trinajstić information content (AvgIpc) is 2.79. The minimum absolute atomic E-state index is 0.0929. The maximum atomic E-state index is 12.4. The number of carbonyl (C=O) groups excluding carboxylic acids is 2. The summed E-state index contributed by atoms with van der Waals surface area (Å²) in [6.07, 6.45) is 0.793. The van der Waals surface area contributed by atoms with E-state index in [1.165, 1.54) is 18.3 Å².